The monoisotopic (exact) mass is 385 g/mol. The molecule has 0 fully saturated rings. The second-order valence-electron chi connectivity index (χ2n) is 3.70. The van der Waals surface area contributed by atoms with Crippen molar-refractivity contribution < 1.29 is 17.9 Å². The van der Waals surface area contributed by atoms with E-state index in [0.29, 0.717) is 0 Å². The zero-order chi connectivity index (χ0) is 13.8. The van der Waals surface area contributed by atoms with E-state index in [9.17, 15) is 8.42 Å². The third-order valence-corrected chi connectivity index (χ3v) is 4.63. The lowest BCUT2D eigenvalue weighted by molar-refractivity contribution is -0.115. The maximum absolute atomic E-state index is 12.1. The average Bonchev–Trinajstić information content (AvgIpc) is 2.30. The lowest BCUT2D eigenvalue weighted by Gasteiger charge is -2.21. The molecule has 7 heteroatoms. The number of benzene rings is 1. The Morgan fingerprint density at radius 1 is 1.17 bits per heavy atom. The first kappa shape index (κ1) is 15.8. The number of rotatable bonds is 6. The quantitative estimate of drug-likeness (QED) is 0.597. The molecule has 0 saturated heterocycles. The normalized spacial score (nSPS) is 13.8. The minimum Gasteiger partial charge on any atom is -0.354 e. The highest BCUT2D eigenvalue weighted by atomic mass is 127. The van der Waals surface area contributed by atoms with Crippen molar-refractivity contribution in [2.75, 3.05) is 14.2 Å². The fourth-order valence-corrected chi connectivity index (χ4v) is 3.08. The van der Waals surface area contributed by atoms with Crippen molar-refractivity contribution in [1.82, 2.24) is 4.72 Å². The van der Waals surface area contributed by atoms with E-state index >= 15 is 0 Å². The van der Waals surface area contributed by atoms with Crippen molar-refractivity contribution in [3.63, 3.8) is 0 Å². The number of hydrogen-bond donors (Lipinski definition) is 1. The number of sulfonamides is 1. The Balaban J connectivity index is 2.85. The largest absolute Gasteiger partial charge is 0.354 e. The summed E-state index contributed by atoms with van der Waals surface area (Å²) in [5.41, 5.74) is 0. The third-order valence-electron chi connectivity index (χ3n) is 2.34. The molecule has 0 radical (unpaired) electrons. The van der Waals surface area contributed by atoms with Gasteiger partial charge in [0.25, 0.3) is 0 Å². The fraction of sp³-hybridized carbons (Fsp3) is 0.455. The fourth-order valence-electron chi connectivity index (χ4n) is 1.49. The van der Waals surface area contributed by atoms with Crippen LogP contribution in [0.5, 0.6) is 0 Å². The maximum atomic E-state index is 12.1. The molecular formula is C11H16INO4S. The number of hydrogen-bond acceptors (Lipinski definition) is 4. The topological polar surface area (TPSA) is 64.6 Å². The van der Waals surface area contributed by atoms with Gasteiger partial charge in [0.2, 0.25) is 10.0 Å². The summed E-state index contributed by atoms with van der Waals surface area (Å²) in [6.45, 7) is 1.68. The predicted molar refractivity (Wildman–Crippen MR) is 76.7 cm³/mol. The van der Waals surface area contributed by atoms with Crippen LogP contribution in [0.15, 0.2) is 29.2 Å². The molecule has 0 aliphatic rings. The van der Waals surface area contributed by atoms with Crippen molar-refractivity contribution >= 4 is 32.6 Å². The van der Waals surface area contributed by atoms with Crippen LogP contribution in [0.3, 0.4) is 0 Å². The summed E-state index contributed by atoms with van der Waals surface area (Å²) in [6, 6.07) is 6.12. The first-order valence-corrected chi connectivity index (χ1v) is 7.80. The summed E-state index contributed by atoms with van der Waals surface area (Å²) in [5, 5.41) is 0. The molecule has 5 nitrogen and oxygen atoms in total. The predicted octanol–water partition coefficient (Wildman–Crippen LogP) is 1.58. The highest BCUT2D eigenvalue weighted by Gasteiger charge is 2.23. The molecule has 18 heavy (non-hydrogen) atoms. The van der Waals surface area contributed by atoms with Gasteiger partial charge in [-0.15, -0.1) is 0 Å². The van der Waals surface area contributed by atoms with E-state index in [4.69, 9.17) is 9.47 Å². The van der Waals surface area contributed by atoms with Crippen LogP contribution in [0.2, 0.25) is 0 Å². The summed E-state index contributed by atoms with van der Waals surface area (Å²) in [6.07, 6.45) is -0.622. The van der Waals surface area contributed by atoms with Gasteiger partial charge in [-0.2, -0.15) is 0 Å². The summed E-state index contributed by atoms with van der Waals surface area (Å²) in [7, 11) is -0.631. The summed E-state index contributed by atoms with van der Waals surface area (Å²) >= 11 is 2.12. The van der Waals surface area contributed by atoms with Gasteiger partial charge >= 0.3 is 0 Å². The van der Waals surface area contributed by atoms with E-state index in [0.717, 1.165) is 3.57 Å². The van der Waals surface area contributed by atoms with Gasteiger partial charge in [0.1, 0.15) is 0 Å². The molecule has 1 aromatic carbocycles. The van der Waals surface area contributed by atoms with Crippen LogP contribution in [0, 0.1) is 3.57 Å². The van der Waals surface area contributed by atoms with Gasteiger partial charge in [-0.1, -0.05) is 0 Å². The van der Waals surface area contributed by atoms with Crippen molar-refractivity contribution in [3.05, 3.63) is 27.8 Å². The lowest BCUT2D eigenvalue weighted by Crippen LogP contribution is -2.42. The van der Waals surface area contributed by atoms with Crippen LogP contribution in [-0.4, -0.2) is 35.0 Å². The molecule has 0 spiro atoms. The number of halogens is 1. The van der Waals surface area contributed by atoms with Crippen LogP contribution in [0.25, 0.3) is 0 Å². The Kier molecular flexibility index (Phi) is 5.99. The zero-order valence-corrected chi connectivity index (χ0v) is 13.4. The Morgan fingerprint density at radius 2 is 1.67 bits per heavy atom. The molecule has 1 unspecified atom stereocenters. The highest BCUT2D eigenvalue weighted by Crippen LogP contribution is 2.13. The van der Waals surface area contributed by atoms with Crippen molar-refractivity contribution in [1.29, 1.82) is 0 Å². The molecule has 0 bridgehead atoms. The van der Waals surface area contributed by atoms with Gasteiger partial charge < -0.3 is 9.47 Å². The van der Waals surface area contributed by atoms with E-state index in [-0.39, 0.29) is 4.90 Å². The summed E-state index contributed by atoms with van der Waals surface area (Å²) in [4.78, 5) is 0.223. The zero-order valence-electron chi connectivity index (χ0n) is 10.4. The molecule has 0 saturated carbocycles. The van der Waals surface area contributed by atoms with Crippen LogP contribution < -0.4 is 4.72 Å². The molecule has 1 rings (SSSR count). The molecule has 0 aliphatic heterocycles. The molecule has 1 N–H and O–H groups in total. The van der Waals surface area contributed by atoms with Gasteiger partial charge in [0.15, 0.2) is 6.29 Å². The Labute approximate surface area is 121 Å². The van der Waals surface area contributed by atoms with Gasteiger partial charge in [0, 0.05) is 17.8 Å². The highest BCUT2D eigenvalue weighted by molar-refractivity contribution is 14.1. The lowest BCUT2D eigenvalue weighted by atomic mass is 10.3. The van der Waals surface area contributed by atoms with Gasteiger partial charge in [-0.05, 0) is 53.8 Å². The first-order chi connectivity index (χ1) is 8.40. The molecule has 0 heterocycles. The minimum absolute atomic E-state index is 0.223. The van der Waals surface area contributed by atoms with E-state index in [1.807, 2.05) is 0 Å². The molecule has 0 aliphatic carbocycles. The van der Waals surface area contributed by atoms with Gasteiger partial charge in [-0.25, -0.2) is 13.1 Å². The minimum atomic E-state index is -3.55. The van der Waals surface area contributed by atoms with Crippen molar-refractivity contribution in [2.45, 2.75) is 24.2 Å². The number of nitrogens with one attached hydrogen (secondary N) is 1. The van der Waals surface area contributed by atoms with E-state index in [1.165, 1.54) is 14.2 Å². The molecule has 102 valence electrons. The van der Waals surface area contributed by atoms with Crippen LogP contribution in [0.4, 0.5) is 0 Å². The standard InChI is InChI=1S/C11H16INO4S/c1-8(11(16-2)17-3)13-18(14,15)10-6-4-9(12)5-7-10/h4-8,11,13H,1-3H3. The Hall–Kier alpha value is -0.220. The molecule has 0 amide bonds. The number of ether oxygens (including phenoxy) is 2. The van der Waals surface area contributed by atoms with Crippen LogP contribution >= 0.6 is 22.6 Å². The average molecular weight is 385 g/mol. The van der Waals surface area contributed by atoms with E-state index in [2.05, 4.69) is 27.3 Å². The Bertz CT molecular complexity index is 470. The maximum Gasteiger partial charge on any atom is 0.240 e. The SMILES string of the molecule is COC(OC)C(C)NS(=O)(=O)c1ccc(I)cc1. The van der Waals surface area contributed by atoms with Gasteiger partial charge in [0.05, 0.1) is 10.9 Å². The third kappa shape index (κ3) is 4.16. The van der Waals surface area contributed by atoms with Crippen LogP contribution in [-0.2, 0) is 19.5 Å². The van der Waals surface area contributed by atoms with Crippen LogP contribution in [0.1, 0.15) is 6.92 Å². The van der Waals surface area contributed by atoms with Crippen molar-refractivity contribution in [2.24, 2.45) is 0 Å². The second kappa shape index (κ2) is 6.80. The molecule has 0 aromatic heterocycles. The molecular weight excluding hydrogens is 369 g/mol. The molecule has 1 atom stereocenters. The first-order valence-electron chi connectivity index (χ1n) is 5.24. The van der Waals surface area contributed by atoms with E-state index in [1.54, 1.807) is 31.2 Å². The molecule has 1 aromatic rings. The summed E-state index contributed by atoms with van der Waals surface area (Å²) < 4.78 is 37.6. The van der Waals surface area contributed by atoms with Gasteiger partial charge in [-0.3, -0.25) is 0 Å². The van der Waals surface area contributed by atoms with Crippen molar-refractivity contribution in [3.8, 4) is 0 Å². The number of methoxy groups -OCH3 is 2. The summed E-state index contributed by atoms with van der Waals surface area (Å²) in [5.74, 6) is 0. The smallest absolute Gasteiger partial charge is 0.240 e. The van der Waals surface area contributed by atoms with E-state index < -0.39 is 22.4 Å². The second-order valence-corrected chi connectivity index (χ2v) is 6.66. The Morgan fingerprint density at radius 3 is 2.11 bits per heavy atom.